The molecule has 0 aliphatic rings. The Kier molecular flexibility index (Phi) is 6.11. The molecule has 15 heavy (non-hydrogen) atoms. The molecule has 0 saturated heterocycles. The van der Waals surface area contributed by atoms with Crippen LogP contribution in [0.25, 0.3) is 0 Å². The van der Waals surface area contributed by atoms with Crippen molar-refractivity contribution in [2.24, 2.45) is 5.41 Å². The fourth-order valence-corrected chi connectivity index (χ4v) is 2.71. The zero-order chi connectivity index (χ0) is 12.1. The van der Waals surface area contributed by atoms with E-state index in [2.05, 4.69) is 20.8 Å². The quantitative estimate of drug-likeness (QED) is 0.431. The lowest BCUT2D eigenvalue weighted by atomic mass is 9.97. The molecule has 0 atom stereocenters. The average molecular weight is 250 g/mol. The smallest absolute Gasteiger partial charge is 0.311 e. The zero-order valence-electron chi connectivity index (χ0n) is 10.5. The molecule has 0 aromatic rings. The Labute approximate surface area is 101 Å². The molecule has 0 bridgehead atoms. The summed E-state index contributed by atoms with van der Waals surface area (Å²) in [6.07, 6.45) is 0. The molecular weight excluding hydrogens is 228 g/mol. The van der Waals surface area contributed by atoms with Crippen molar-refractivity contribution >= 4 is 27.6 Å². The summed E-state index contributed by atoms with van der Waals surface area (Å²) in [6.45, 7) is 12.6. The van der Waals surface area contributed by atoms with E-state index in [9.17, 15) is 4.79 Å². The number of hydrogen-bond donors (Lipinski definition) is 0. The first-order chi connectivity index (χ1) is 6.63. The molecule has 0 aromatic carbocycles. The Hall–Kier alpha value is 0.170. The molecule has 4 heteroatoms. The molecule has 2 nitrogen and oxygen atoms in total. The highest BCUT2D eigenvalue weighted by atomic mass is 33.1. The summed E-state index contributed by atoms with van der Waals surface area (Å²) >= 11 is 0. The summed E-state index contributed by atoms with van der Waals surface area (Å²) in [4.78, 5) is 11.4. The van der Waals surface area contributed by atoms with Crippen LogP contribution < -0.4 is 0 Å². The Morgan fingerprint density at radius 2 is 1.67 bits per heavy atom. The molecule has 0 radical (unpaired) electrons. The van der Waals surface area contributed by atoms with Gasteiger partial charge in [0.1, 0.15) is 6.61 Å². The topological polar surface area (TPSA) is 26.3 Å². The highest BCUT2D eigenvalue weighted by Crippen LogP contribution is 2.34. The lowest BCUT2D eigenvalue weighted by Gasteiger charge is -2.18. The first-order valence-electron chi connectivity index (χ1n) is 5.11. The highest BCUT2D eigenvalue weighted by molar-refractivity contribution is 8.77. The van der Waals surface area contributed by atoms with Gasteiger partial charge in [-0.05, 0) is 20.8 Å². The van der Waals surface area contributed by atoms with Crippen LogP contribution in [0, 0.1) is 5.41 Å². The third-order valence-corrected chi connectivity index (χ3v) is 4.63. The van der Waals surface area contributed by atoms with Crippen molar-refractivity contribution in [2.75, 3.05) is 12.4 Å². The van der Waals surface area contributed by atoms with E-state index in [0.29, 0.717) is 6.61 Å². The van der Waals surface area contributed by atoms with Gasteiger partial charge in [0.2, 0.25) is 0 Å². The van der Waals surface area contributed by atoms with Crippen molar-refractivity contribution < 1.29 is 9.53 Å². The van der Waals surface area contributed by atoms with Gasteiger partial charge >= 0.3 is 5.97 Å². The van der Waals surface area contributed by atoms with Gasteiger partial charge in [0.05, 0.1) is 5.41 Å². The van der Waals surface area contributed by atoms with Crippen molar-refractivity contribution in [3.63, 3.8) is 0 Å². The minimum Gasteiger partial charge on any atom is -0.464 e. The van der Waals surface area contributed by atoms with Gasteiger partial charge in [-0.15, -0.1) is 0 Å². The SMILES string of the molecule is CC(C)(C)SSCCOC(=O)C(C)(C)C. The molecule has 0 aliphatic carbocycles. The Morgan fingerprint density at radius 1 is 1.13 bits per heavy atom. The van der Waals surface area contributed by atoms with Gasteiger partial charge in [-0.1, -0.05) is 42.4 Å². The fourth-order valence-electron chi connectivity index (χ4n) is 0.603. The van der Waals surface area contributed by atoms with Gasteiger partial charge in [-0.25, -0.2) is 0 Å². The first kappa shape index (κ1) is 15.2. The molecule has 0 spiro atoms. The van der Waals surface area contributed by atoms with Crippen LogP contribution >= 0.6 is 21.6 Å². The van der Waals surface area contributed by atoms with E-state index < -0.39 is 0 Å². The van der Waals surface area contributed by atoms with E-state index in [0.717, 1.165) is 5.75 Å². The van der Waals surface area contributed by atoms with Gasteiger partial charge in [-0.2, -0.15) is 0 Å². The third-order valence-electron chi connectivity index (χ3n) is 1.32. The maximum atomic E-state index is 11.4. The summed E-state index contributed by atoms with van der Waals surface area (Å²) in [5, 5.41) is 0. The van der Waals surface area contributed by atoms with E-state index in [1.165, 1.54) is 0 Å². The van der Waals surface area contributed by atoms with Gasteiger partial charge in [0.25, 0.3) is 0 Å². The second-order valence-corrected chi connectivity index (χ2v) is 8.65. The fraction of sp³-hybridized carbons (Fsp3) is 0.909. The second kappa shape index (κ2) is 6.04. The largest absolute Gasteiger partial charge is 0.464 e. The van der Waals surface area contributed by atoms with Crippen molar-refractivity contribution in [1.29, 1.82) is 0 Å². The van der Waals surface area contributed by atoms with Crippen molar-refractivity contribution in [3.05, 3.63) is 0 Å². The van der Waals surface area contributed by atoms with E-state index in [4.69, 9.17) is 4.74 Å². The minimum atomic E-state index is -0.387. The van der Waals surface area contributed by atoms with Crippen LogP contribution in [-0.4, -0.2) is 23.1 Å². The summed E-state index contributed by atoms with van der Waals surface area (Å²) in [7, 11) is 3.57. The molecule has 0 N–H and O–H groups in total. The Balaban J connectivity index is 3.53. The summed E-state index contributed by atoms with van der Waals surface area (Å²) in [5.41, 5.74) is -0.387. The number of esters is 1. The lowest BCUT2D eigenvalue weighted by Crippen LogP contribution is -2.23. The minimum absolute atomic E-state index is 0.121. The monoisotopic (exact) mass is 250 g/mol. The van der Waals surface area contributed by atoms with Gasteiger partial charge in [-0.3, -0.25) is 4.79 Å². The summed E-state index contributed by atoms with van der Waals surface area (Å²) < 4.78 is 5.41. The third kappa shape index (κ3) is 9.12. The number of carbonyl (C=O) groups is 1. The van der Waals surface area contributed by atoms with Crippen molar-refractivity contribution in [2.45, 2.75) is 46.3 Å². The van der Waals surface area contributed by atoms with E-state index in [1.54, 1.807) is 10.8 Å². The molecule has 0 aromatic heterocycles. The number of rotatable bonds is 4. The van der Waals surface area contributed by atoms with E-state index in [-0.39, 0.29) is 16.1 Å². The maximum absolute atomic E-state index is 11.4. The summed E-state index contributed by atoms with van der Waals surface area (Å²) in [6, 6.07) is 0. The first-order valence-corrected chi connectivity index (χ1v) is 7.43. The highest BCUT2D eigenvalue weighted by Gasteiger charge is 2.22. The molecular formula is C11H22O2S2. The number of carbonyl (C=O) groups excluding carboxylic acids is 1. The molecule has 0 rings (SSSR count). The standard InChI is InChI=1S/C11H22O2S2/c1-10(2,3)9(12)13-7-8-14-15-11(4,5)6/h7-8H2,1-6H3. The van der Waals surface area contributed by atoms with Crippen molar-refractivity contribution in [3.8, 4) is 0 Å². The molecule has 0 aliphatic heterocycles. The zero-order valence-corrected chi connectivity index (χ0v) is 12.2. The normalized spacial score (nSPS) is 12.7. The average Bonchev–Trinajstić information content (AvgIpc) is 1.99. The maximum Gasteiger partial charge on any atom is 0.311 e. The lowest BCUT2D eigenvalue weighted by molar-refractivity contribution is -0.152. The summed E-state index contributed by atoms with van der Waals surface area (Å²) in [5.74, 6) is 0.730. The Morgan fingerprint density at radius 3 is 2.07 bits per heavy atom. The van der Waals surface area contributed by atoms with Gasteiger partial charge < -0.3 is 4.74 Å². The van der Waals surface area contributed by atoms with E-state index in [1.807, 2.05) is 31.6 Å². The van der Waals surface area contributed by atoms with Crippen LogP contribution in [0.2, 0.25) is 0 Å². The van der Waals surface area contributed by atoms with Gasteiger partial charge in [0, 0.05) is 10.5 Å². The predicted octanol–water partition coefficient (Wildman–Crippen LogP) is 3.76. The van der Waals surface area contributed by atoms with Crippen LogP contribution in [0.4, 0.5) is 0 Å². The van der Waals surface area contributed by atoms with Crippen molar-refractivity contribution in [1.82, 2.24) is 0 Å². The number of hydrogen-bond acceptors (Lipinski definition) is 4. The molecule has 0 heterocycles. The molecule has 0 unspecified atom stereocenters. The van der Waals surface area contributed by atoms with Crippen LogP contribution in [0.5, 0.6) is 0 Å². The van der Waals surface area contributed by atoms with Crippen LogP contribution in [0.3, 0.4) is 0 Å². The van der Waals surface area contributed by atoms with Crippen LogP contribution in [0.1, 0.15) is 41.5 Å². The molecule has 0 saturated carbocycles. The molecule has 90 valence electrons. The van der Waals surface area contributed by atoms with Crippen LogP contribution in [-0.2, 0) is 9.53 Å². The Bertz CT molecular complexity index is 202. The molecule has 0 fully saturated rings. The second-order valence-electron chi connectivity index (χ2n) is 5.40. The number of ether oxygens (including phenoxy) is 1. The van der Waals surface area contributed by atoms with Crippen LogP contribution in [0.15, 0.2) is 0 Å². The molecule has 0 amide bonds. The predicted molar refractivity (Wildman–Crippen MR) is 70.2 cm³/mol. The van der Waals surface area contributed by atoms with E-state index >= 15 is 0 Å². The van der Waals surface area contributed by atoms with Gasteiger partial charge in [0.15, 0.2) is 0 Å².